The lowest BCUT2D eigenvalue weighted by Gasteiger charge is -2.33. The Kier molecular flexibility index (Phi) is 4.00. The Morgan fingerprint density at radius 1 is 1.47 bits per heavy atom. The fourth-order valence-corrected chi connectivity index (χ4v) is 2.47. The molecule has 0 atom stereocenters. The predicted molar refractivity (Wildman–Crippen MR) is 70.1 cm³/mol. The maximum absolute atomic E-state index is 13.6. The second-order valence-electron chi connectivity index (χ2n) is 4.62. The number of carbonyl (C=O) groups excluding carboxylic acids is 1. The summed E-state index contributed by atoms with van der Waals surface area (Å²) in [5, 5.41) is 11.7. The average Bonchev–Trinajstić information content (AvgIpc) is 2.46. The van der Waals surface area contributed by atoms with Crippen LogP contribution in [0.5, 0.6) is 0 Å². The van der Waals surface area contributed by atoms with Crippen molar-refractivity contribution in [1.29, 1.82) is 5.26 Å². The number of benzene rings is 1. The van der Waals surface area contributed by atoms with Gasteiger partial charge in [0.05, 0.1) is 5.69 Å². The third-order valence-corrected chi connectivity index (χ3v) is 3.56. The number of piperidine rings is 1. The Balaban J connectivity index is 2.12. The van der Waals surface area contributed by atoms with Crippen LogP contribution in [0.3, 0.4) is 0 Å². The third-order valence-electron chi connectivity index (χ3n) is 3.56. The van der Waals surface area contributed by atoms with E-state index in [0.29, 0.717) is 18.8 Å². The molecule has 1 aromatic rings. The minimum atomic E-state index is -0.492. The van der Waals surface area contributed by atoms with Crippen molar-refractivity contribution >= 4 is 11.6 Å². The second kappa shape index (κ2) is 5.70. The van der Waals surface area contributed by atoms with Crippen LogP contribution in [0.2, 0.25) is 0 Å². The molecule has 0 aromatic heterocycles. The van der Waals surface area contributed by atoms with E-state index < -0.39 is 5.82 Å². The standard InChI is InChI=1S/C14H16FN3O/c1-17-14(19)10-5-7-18(8-6-10)13-4-2-3-12(15)11(13)9-16/h2-4,10H,5-8H2,1H3,(H,17,19). The van der Waals surface area contributed by atoms with Gasteiger partial charge < -0.3 is 10.2 Å². The number of carbonyl (C=O) groups is 1. The summed E-state index contributed by atoms with van der Waals surface area (Å²) in [7, 11) is 1.63. The number of rotatable bonds is 2. The summed E-state index contributed by atoms with van der Waals surface area (Å²) in [6.07, 6.45) is 1.45. The van der Waals surface area contributed by atoms with Gasteiger partial charge in [0.25, 0.3) is 0 Å². The molecule has 0 unspecified atom stereocenters. The second-order valence-corrected chi connectivity index (χ2v) is 4.62. The molecule has 1 saturated heterocycles. The zero-order valence-electron chi connectivity index (χ0n) is 10.8. The van der Waals surface area contributed by atoms with Crippen molar-refractivity contribution in [2.75, 3.05) is 25.0 Å². The summed E-state index contributed by atoms with van der Waals surface area (Å²) in [5.41, 5.74) is 0.707. The zero-order valence-corrected chi connectivity index (χ0v) is 10.8. The summed E-state index contributed by atoms with van der Waals surface area (Å²) in [6, 6.07) is 6.56. The van der Waals surface area contributed by atoms with Gasteiger partial charge >= 0.3 is 0 Å². The average molecular weight is 261 g/mol. The fourth-order valence-electron chi connectivity index (χ4n) is 2.47. The molecule has 0 radical (unpaired) electrons. The van der Waals surface area contributed by atoms with Crippen LogP contribution in [0.15, 0.2) is 18.2 Å². The molecule has 4 nitrogen and oxygen atoms in total. The minimum Gasteiger partial charge on any atom is -0.370 e. The Labute approximate surface area is 111 Å². The summed E-state index contributed by atoms with van der Waals surface area (Å²) < 4.78 is 13.6. The van der Waals surface area contributed by atoms with Gasteiger partial charge in [-0.05, 0) is 25.0 Å². The summed E-state index contributed by atoms with van der Waals surface area (Å²) >= 11 is 0. The van der Waals surface area contributed by atoms with Crippen LogP contribution in [-0.4, -0.2) is 26.0 Å². The van der Waals surface area contributed by atoms with Crippen LogP contribution in [0.1, 0.15) is 18.4 Å². The van der Waals surface area contributed by atoms with Gasteiger partial charge in [0, 0.05) is 26.1 Å². The van der Waals surface area contributed by atoms with E-state index in [-0.39, 0.29) is 17.4 Å². The molecular weight excluding hydrogens is 245 g/mol. The summed E-state index contributed by atoms with van der Waals surface area (Å²) in [6.45, 7) is 1.33. The van der Waals surface area contributed by atoms with Crippen molar-refractivity contribution in [2.24, 2.45) is 5.92 Å². The highest BCUT2D eigenvalue weighted by Crippen LogP contribution is 2.27. The molecule has 1 heterocycles. The number of nitrogens with zero attached hydrogens (tertiary/aromatic N) is 2. The lowest BCUT2D eigenvalue weighted by atomic mass is 9.95. The van der Waals surface area contributed by atoms with E-state index >= 15 is 0 Å². The summed E-state index contributed by atoms with van der Waals surface area (Å²) in [5.74, 6) is -0.423. The molecule has 0 aliphatic carbocycles. The topological polar surface area (TPSA) is 56.1 Å². The van der Waals surface area contributed by atoms with Crippen LogP contribution in [-0.2, 0) is 4.79 Å². The van der Waals surface area contributed by atoms with Gasteiger partial charge in [-0.2, -0.15) is 5.26 Å². The Bertz CT molecular complexity index is 516. The number of hydrogen-bond acceptors (Lipinski definition) is 3. The van der Waals surface area contributed by atoms with Crippen molar-refractivity contribution in [3.63, 3.8) is 0 Å². The van der Waals surface area contributed by atoms with E-state index in [1.165, 1.54) is 6.07 Å². The molecule has 1 aromatic carbocycles. The lowest BCUT2D eigenvalue weighted by Crippen LogP contribution is -2.39. The molecule has 1 aliphatic heterocycles. The van der Waals surface area contributed by atoms with E-state index in [2.05, 4.69) is 5.32 Å². The Morgan fingerprint density at radius 3 is 2.74 bits per heavy atom. The van der Waals surface area contributed by atoms with Crippen LogP contribution in [0.4, 0.5) is 10.1 Å². The third kappa shape index (κ3) is 2.68. The quantitative estimate of drug-likeness (QED) is 0.881. The van der Waals surface area contributed by atoms with Gasteiger partial charge in [0.1, 0.15) is 17.4 Å². The number of amides is 1. The molecule has 5 heteroatoms. The predicted octanol–water partition coefficient (Wildman–Crippen LogP) is 1.66. The Hall–Kier alpha value is -2.09. The van der Waals surface area contributed by atoms with Crippen LogP contribution in [0.25, 0.3) is 0 Å². The first kappa shape index (κ1) is 13.3. The van der Waals surface area contributed by atoms with E-state index in [1.807, 2.05) is 11.0 Å². The maximum Gasteiger partial charge on any atom is 0.222 e. The minimum absolute atomic E-state index is 0.0142. The molecule has 1 amide bonds. The van der Waals surface area contributed by atoms with Gasteiger partial charge in [-0.25, -0.2) is 4.39 Å². The number of nitriles is 1. The van der Waals surface area contributed by atoms with Crippen LogP contribution in [0, 0.1) is 23.1 Å². The first-order valence-corrected chi connectivity index (χ1v) is 6.32. The molecule has 0 spiro atoms. The highest BCUT2D eigenvalue weighted by atomic mass is 19.1. The monoisotopic (exact) mass is 261 g/mol. The molecular formula is C14H16FN3O. The van der Waals surface area contributed by atoms with Crippen molar-refractivity contribution in [2.45, 2.75) is 12.8 Å². The van der Waals surface area contributed by atoms with E-state index in [9.17, 15) is 9.18 Å². The molecule has 0 bridgehead atoms. The molecule has 1 N–H and O–H groups in total. The van der Waals surface area contributed by atoms with Crippen molar-refractivity contribution in [1.82, 2.24) is 5.32 Å². The molecule has 2 rings (SSSR count). The number of hydrogen-bond donors (Lipinski definition) is 1. The zero-order chi connectivity index (χ0) is 13.8. The SMILES string of the molecule is CNC(=O)C1CCN(c2cccc(F)c2C#N)CC1. The first-order valence-electron chi connectivity index (χ1n) is 6.32. The van der Waals surface area contributed by atoms with E-state index in [4.69, 9.17) is 5.26 Å². The van der Waals surface area contributed by atoms with Crippen molar-refractivity contribution < 1.29 is 9.18 Å². The fraction of sp³-hybridized carbons (Fsp3) is 0.429. The van der Waals surface area contributed by atoms with Crippen molar-refractivity contribution in [3.05, 3.63) is 29.6 Å². The first-order chi connectivity index (χ1) is 9.17. The van der Waals surface area contributed by atoms with Gasteiger partial charge in [-0.15, -0.1) is 0 Å². The molecule has 1 aliphatic rings. The number of halogens is 1. The van der Waals surface area contributed by atoms with Gasteiger partial charge in [-0.3, -0.25) is 4.79 Å². The normalized spacial score (nSPS) is 15.9. The Morgan fingerprint density at radius 2 is 2.16 bits per heavy atom. The van der Waals surface area contributed by atoms with Gasteiger partial charge in [0.2, 0.25) is 5.91 Å². The van der Waals surface area contributed by atoms with Crippen LogP contribution >= 0.6 is 0 Å². The van der Waals surface area contributed by atoms with Crippen LogP contribution < -0.4 is 10.2 Å². The molecule has 0 saturated carbocycles. The lowest BCUT2D eigenvalue weighted by molar-refractivity contribution is -0.125. The summed E-state index contributed by atoms with van der Waals surface area (Å²) in [4.78, 5) is 13.5. The number of anilines is 1. The van der Waals surface area contributed by atoms with Gasteiger partial charge in [0.15, 0.2) is 0 Å². The highest BCUT2D eigenvalue weighted by molar-refractivity contribution is 5.78. The molecule has 100 valence electrons. The van der Waals surface area contributed by atoms with E-state index in [0.717, 1.165) is 12.8 Å². The number of nitrogens with one attached hydrogen (secondary N) is 1. The largest absolute Gasteiger partial charge is 0.370 e. The molecule has 19 heavy (non-hydrogen) atoms. The maximum atomic E-state index is 13.6. The van der Waals surface area contributed by atoms with Gasteiger partial charge in [-0.1, -0.05) is 6.07 Å². The van der Waals surface area contributed by atoms with Crippen molar-refractivity contribution in [3.8, 4) is 6.07 Å². The molecule has 1 fully saturated rings. The highest BCUT2D eigenvalue weighted by Gasteiger charge is 2.25. The van der Waals surface area contributed by atoms with E-state index in [1.54, 1.807) is 19.2 Å². The smallest absolute Gasteiger partial charge is 0.222 e.